The van der Waals surface area contributed by atoms with Crippen molar-refractivity contribution in [1.82, 2.24) is 10.6 Å². The monoisotopic (exact) mass is 579 g/mol. The number of hydrogen-bond donors (Lipinski definition) is 3. The molecule has 0 radical (unpaired) electrons. The molecule has 10 nitrogen and oxygen atoms in total. The second-order valence-electron chi connectivity index (χ2n) is 12.8. The Balaban J connectivity index is 1.31. The molecule has 3 rings (SSSR count). The van der Waals surface area contributed by atoms with E-state index < -0.39 is 11.9 Å². The molecule has 0 aromatic carbocycles. The lowest BCUT2D eigenvalue weighted by Crippen LogP contribution is -2.55. The molecule has 10 heteroatoms. The summed E-state index contributed by atoms with van der Waals surface area (Å²) in [6.45, 7) is 11.5. The van der Waals surface area contributed by atoms with E-state index in [9.17, 15) is 14.4 Å². The molecule has 41 heavy (non-hydrogen) atoms. The highest BCUT2D eigenvalue weighted by atomic mass is 16.6. The number of unbranched alkanes of at least 4 members (excludes halogenated alkanes) is 4. The Bertz CT molecular complexity index is 931. The Kier molecular flexibility index (Phi) is 12.2. The largest absolute Gasteiger partial charge is 0.460 e. The first-order valence-corrected chi connectivity index (χ1v) is 15.4. The van der Waals surface area contributed by atoms with Crippen LogP contribution in [0, 0.1) is 11.8 Å². The van der Waals surface area contributed by atoms with E-state index >= 15 is 0 Å². The van der Waals surface area contributed by atoms with Gasteiger partial charge in [0, 0.05) is 20.1 Å². The Morgan fingerprint density at radius 1 is 1.12 bits per heavy atom. The minimum Gasteiger partial charge on any atom is -0.460 e. The van der Waals surface area contributed by atoms with Gasteiger partial charge in [0.15, 0.2) is 0 Å². The van der Waals surface area contributed by atoms with E-state index in [0.29, 0.717) is 19.6 Å². The topological polar surface area (TPSA) is 145 Å². The fourth-order valence-corrected chi connectivity index (χ4v) is 6.38. The third kappa shape index (κ3) is 9.24. The normalized spacial score (nSPS) is 31.0. The number of amides is 2. The van der Waals surface area contributed by atoms with Gasteiger partial charge in [0.05, 0.1) is 31.2 Å². The smallest absolute Gasteiger partial charge is 0.306 e. The molecule has 2 saturated heterocycles. The molecule has 1 saturated carbocycles. The number of nitrogens with one attached hydrogen (secondary N) is 2. The van der Waals surface area contributed by atoms with Crippen LogP contribution in [0.25, 0.3) is 0 Å². The lowest BCUT2D eigenvalue weighted by molar-refractivity contribution is -0.172. The van der Waals surface area contributed by atoms with Crippen molar-refractivity contribution in [3.63, 3.8) is 0 Å². The highest BCUT2D eigenvalue weighted by molar-refractivity contribution is 5.82. The third-order valence-electron chi connectivity index (χ3n) is 8.86. The first-order chi connectivity index (χ1) is 19.4. The molecular weight excluding hydrogens is 526 g/mol. The molecule has 0 aromatic rings. The molecule has 2 heterocycles. The Morgan fingerprint density at radius 3 is 2.41 bits per heavy atom. The third-order valence-corrected chi connectivity index (χ3v) is 8.86. The number of methoxy groups -OCH3 is 1. The molecule has 1 spiro atoms. The van der Waals surface area contributed by atoms with Gasteiger partial charge in [-0.1, -0.05) is 44.8 Å². The number of epoxide rings is 2. The average Bonchev–Trinajstić information content (AvgIpc) is 3.81. The maximum atomic E-state index is 12.7. The molecular formula is C31H53N3O7. The van der Waals surface area contributed by atoms with Gasteiger partial charge in [-0.15, -0.1) is 0 Å². The van der Waals surface area contributed by atoms with Crippen molar-refractivity contribution >= 4 is 17.8 Å². The number of ether oxygens (including phenoxy) is 4. The van der Waals surface area contributed by atoms with Gasteiger partial charge in [-0.3, -0.25) is 19.7 Å². The van der Waals surface area contributed by atoms with Gasteiger partial charge >= 0.3 is 5.97 Å². The molecule has 2 aliphatic heterocycles. The van der Waals surface area contributed by atoms with Crippen LogP contribution in [0.2, 0.25) is 0 Å². The van der Waals surface area contributed by atoms with Crippen LogP contribution in [0.1, 0.15) is 92.4 Å². The molecule has 7 atom stereocenters. The van der Waals surface area contributed by atoms with Crippen LogP contribution in [0.4, 0.5) is 0 Å². The van der Waals surface area contributed by atoms with Crippen molar-refractivity contribution in [2.75, 3.05) is 26.8 Å². The summed E-state index contributed by atoms with van der Waals surface area (Å²) in [5.74, 6) is -0.733. The van der Waals surface area contributed by atoms with Gasteiger partial charge in [0.1, 0.15) is 23.4 Å². The first-order valence-electron chi connectivity index (χ1n) is 15.4. The van der Waals surface area contributed by atoms with Gasteiger partial charge in [0.2, 0.25) is 11.8 Å². The van der Waals surface area contributed by atoms with E-state index in [1.807, 2.05) is 13.8 Å². The number of primary amides is 1. The van der Waals surface area contributed by atoms with Crippen LogP contribution < -0.4 is 16.4 Å². The predicted molar refractivity (Wildman–Crippen MR) is 156 cm³/mol. The number of esters is 1. The zero-order chi connectivity index (χ0) is 30.2. The van der Waals surface area contributed by atoms with Crippen molar-refractivity contribution in [2.45, 2.75) is 128 Å². The number of carbonyl (C=O) groups is 3. The summed E-state index contributed by atoms with van der Waals surface area (Å²) in [6.07, 6.45) is 9.11. The van der Waals surface area contributed by atoms with Gasteiger partial charge in [0.25, 0.3) is 0 Å². The molecule has 2 amide bonds. The highest BCUT2D eigenvalue weighted by Crippen LogP contribution is 2.59. The summed E-state index contributed by atoms with van der Waals surface area (Å²) in [5, 5.41) is 5.77. The van der Waals surface area contributed by atoms with Crippen molar-refractivity contribution in [3.05, 3.63) is 11.6 Å². The van der Waals surface area contributed by atoms with Crippen molar-refractivity contribution in [2.24, 2.45) is 17.6 Å². The molecule has 1 aliphatic carbocycles. The fraction of sp³-hybridized carbons (Fsp3) is 0.839. The second-order valence-corrected chi connectivity index (χ2v) is 12.8. The second kappa shape index (κ2) is 14.9. The summed E-state index contributed by atoms with van der Waals surface area (Å²) in [4.78, 5) is 36.1. The SMILES string of the molecule is COC1C(OC(=O)CCCCCCCNC(=O)CN[C@H](C(N)=O)C(C)C)CC[C@]2(CO2)C1C1(C)O[C@@H]1CC=C(C)C. The molecule has 0 aromatic heterocycles. The fourth-order valence-electron chi connectivity index (χ4n) is 6.38. The summed E-state index contributed by atoms with van der Waals surface area (Å²) < 4.78 is 24.2. The van der Waals surface area contributed by atoms with Crippen LogP contribution in [0.3, 0.4) is 0 Å². The minimum atomic E-state index is -0.517. The minimum absolute atomic E-state index is 0.0224. The van der Waals surface area contributed by atoms with Crippen molar-refractivity contribution in [1.29, 1.82) is 0 Å². The maximum absolute atomic E-state index is 12.7. The Morgan fingerprint density at radius 2 is 1.80 bits per heavy atom. The highest BCUT2D eigenvalue weighted by Gasteiger charge is 2.72. The lowest BCUT2D eigenvalue weighted by Gasteiger charge is -2.42. The molecule has 4 unspecified atom stereocenters. The van der Waals surface area contributed by atoms with E-state index in [0.717, 1.165) is 51.4 Å². The van der Waals surface area contributed by atoms with Gasteiger partial charge in [-0.05, 0) is 58.8 Å². The van der Waals surface area contributed by atoms with E-state index in [1.165, 1.54) is 5.57 Å². The zero-order valence-electron chi connectivity index (χ0n) is 26.0. The van der Waals surface area contributed by atoms with E-state index in [-0.39, 0.29) is 59.8 Å². The number of allylic oxidation sites excluding steroid dienone is 1. The maximum Gasteiger partial charge on any atom is 0.306 e. The van der Waals surface area contributed by atoms with E-state index in [4.69, 9.17) is 24.7 Å². The number of carbonyl (C=O) groups excluding carboxylic acids is 3. The predicted octanol–water partition coefficient (Wildman–Crippen LogP) is 3.16. The van der Waals surface area contributed by atoms with Gasteiger partial charge in [-0.2, -0.15) is 0 Å². The molecule has 3 fully saturated rings. The first kappa shape index (κ1) is 33.5. The molecule has 234 valence electrons. The van der Waals surface area contributed by atoms with E-state index in [1.54, 1.807) is 7.11 Å². The van der Waals surface area contributed by atoms with Crippen LogP contribution in [-0.4, -0.2) is 80.1 Å². The lowest BCUT2D eigenvalue weighted by atomic mass is 9.68. The zero-order valence-corrected chi connectivity index (χ0v) is 26.0. The van der Waals surface area contributed by atoms with Crippen molar-refractivity contribution in [3.8, 4) is 0 Å². The molecule has 4 N–H and O–H groups in total. The number of rotatable bonds is 18. The Labute approximate surface area is 245 Å². The van der Waals surface area contributed by atoms with E-state index in [2.05, 4.69) is 37.5 Å². The summed E-state index contributed by atoms with van der Waals surface area (Å²) >= 11 is 0. The average molecular weight is 580 g/mol. The van der Waals surface area contributed by atoms with Crippen LogP contribution >= 0.6 is 0 Å². The summed E-state index contributed by atoms with van der Waals surface area (Å²) in [5.41, 5.74) is 6.06. The summed E-state index contributed by atoms with van der Waals surface area (Å²) in [7, 11) is 1.69. The standard InChI is InChI=1S/C31H53N3O7/c1-20(2)13-14-23-30(5,41-23)28-27(38-6)22(15-16-31(28)19-39-31)40-25(36)12-10-8-7-9-11-17-33-24(35)18-34-26(21(3)4)29(32)37/h13,21-23,26-28,34H,7-12,14-19H2,1-6H3,(H2,32,37)(H,33,35)/t22?,23-,26+,27?,28?,30?,31+/m1/s1. The molecule has 3 aliphatic rings. The number of hydrogen-bond acceptors (Lipinski definition) is 8. The molecule has 0 bridgehead atoms. The van der Waals surface area contributed by atoms with Gasteiger partial charge < -0.3 is 30.0 Å². The summed E-state index contributed by atoms with van der Waals surface area (Å²) in [6, 6.07) is -0.517. The van der Waals surface area contributed by atoms with Crippen LogP contribution in [0.15, 0.2) is 11.6 Å². The quantitative estimate of drug-likeness (QED) is 0.0972. The number of nitrogens with two attached hydrogens (primary N) is 1. The van der Waals surface area contributed by atoms with Crippen molar-refractivity contribution < 1.29 is 33.3 Å². The Hall–Kier alpha value is -2.01. The van der Waals surface area contributed by atoms with Gasteiger partial charge in [-0.25, -0.2) is 0 Å². The van der Waals surface area contributed by atoms with Crippen LogP contribution in [-0.2, 0) is 33.3 Å². The van der Waals surface area contributed by atoms with Crippen LogP contribution in [0.5, 0.6) is 0 Å².